The number of likely N-dealkylation sites (N-methyl/N-ethyl adjacent to an activating group) is 1. The van der Waals surface area contributed by atoms with E-state index in [4.69, 9.17) is 0 Å². The van der Waals surface area contributed by atoms with E-state index < -0.39 is 0 Å². The molecular weight excluding hydrogens is 352 g/mol. The molecule has 2 aromatic carbocycles. The molecule has 0 N–H and O–H groups in total. The fourth-order valence-corrected chi connectivity index (χ4v) is 4.41. The van der Waals surface area contributed by atoms with Gasteiger partial charge in [-0.1, -0.05) is 74.7 Å². The maximum atomic E-state index is 4.26. The lowest BCUT2D eigenvalue weighted by Gasteiger charge is -2.42. The molecule has 146 valence electrons. The number of benzene rings is 2. The molecule has 1 atom stereocenters. The number of fused-ring (bicyclic) bond motifs is 1. The summed E-state index contributed by atoms with van der Waals surface area (Å²) >= 11 is 0. The topological polar surface area (TPSA) is 6.48 Å². The zero-order valence-corrected chi connectivity index (χ0v) is 17.5. The highest BCUT2D eigenvalue weighted by Crippen LogP contribution is 2.46. The molecule has 0 radical (unpaired) electrons. The summed E-state index contributed by atoms with van der Waals surface area (Å²) < 4.78 is 0. The van der Waals surface area contributed by atoms with E-state index in [-0.39, 0.29) is 0 Å². The molecule has 1 heterocycles. The second-order valence-electron chi connectivity index (χ2n) is 7.85. The van der Waals surface area contributed by atoms with Crippen LogP contribution in [0.15, 0.2) is 109 Å². The van der Waals surface area contributed by atoms with Crippen molar-refractivity contribution < 1.29 is 0 Å². The lowest BCUT2D eigenvalue weighted by Crippen LogP contribution is -2.36. The highest BCUT2D eigenvalue weighted by molar-refractivity contribution is 5.85. The first-order chi connectivity index (χ1) is 14.0. The molecule has 0 saturated carbocycles. The highest BCUT2D eigenvalue weighted by Gasteiger charge is 2.32. The Bertz CT molecular complexity index is 1050. The van der Waals surface area contributed by atoms with Gasteiger partial charge in [0.1, 0.15) is 0 Å². The Hall–Kier alpha value is -3.26. The Morgan fingerprint density at radius 1 is 1.00 bits per heavy atom. The smallest absolute Gasteiger partial charge is 0.0653 e. The van der Waals surface area contributed by atoms with Gasteiger partial charge in [-0.3, -0.25) is 0 Å². The van der Waals surface area contributed by atoms with Crippen LogP contribution in [0, 0.1) is 5.92 Å². The quantitative estimate of drug-likeness (QED) is 0.544. The van der Waals surface area contributed by atoms with Crippen molar-refractivity contribution in [1.29, 1.82) is 0 Å². The van der Waals surface area contributed by atoms with Crippen molar-refractivity contribution in [3.8, 4) is 11.1 Å². The molecule has 1 aliphatic carbocycles. The van der Waals surface area contributed by atoms with Gasteiger partial charge in [0.05, 0.1) is 17.1 Å². The van der Waals surface area contributed by atoms with Gasteiger partial charge in [0, 0.05) is 25.7 Å². The van der Waals surface area contributed by atoms with Crippen LogP contribution in [0.4, 0.5) is 11.4 Å². The standard InChI is InChI=1S/C27H28N2/c1-6-7-11-19(2)23-16-20(3)27-26(18-23)28(4)24-15-14-22(17-25(24)29(27)5)21-12-9-8-10-13-21/h6-15,17-18,20H,1-2,16H2,3-5H3/b11-7-/t20-/m1/s1. The maximum absolute atomic E-state index is 4.26. The predicted octanol–water partition coefficient (Wildman–Crippen LogP) is 6.72. The molecule has 29 heavy (non-hydrogen) atoms. The predicted molar refractivity (Wildman–Crippen MR) is 126 cm³/mol. The van der Waals surface area contributed by atoms with Crippen LogP contribution < -0.4 is 9.80 Å². The van der Waals surface area contributed by atoms with E-state index in [1.807, 2.05) is 12.2 Å². The zero-order valence-electron chi connectivity index (χ0n) is 17.5. The first-order valence-corrected chi connectivity index (χ1v) is 10.1. The fourth-order valence-electron chi connectivity index (χ4n) is 4.41. The third-order valence-electron chi connectivity index (χ3n) is 5.94. The van der Waals surface area contributed by atoms with Crippen molar-refractivity contribution in [3.05, 3.63) is 109 Å². The molecule has 0 saturated heterocycles. The minimum atomic E-state index is 0.417. The minimum absolute atomic E-state index is 0.417. The van der Waals surface area contributed by atoms with Gasteiger partial charge in [0.25, 0.3) is 0 Å². The Labute approximate surface area is 174 Å². The monoisotopic (exact) mass is 380 g/mol. The van der Waals surface area contributed by atoms with Gasteiger partial charge in [-0.25, -0.2) is 0 Å². The summed E-state index contributed by atoms with van der Waals surface area (Å²) in [5.41, 5.74) is 9.95. The van der Waals surface area contributed by atoms with E-state index in [2.05, 4.69) is 98.6 Å². The SMILES string of the molecule is C=C/C=C\C(=C)C1=CC2=C([C@H](C)C1)N(C)c1cc(-c3ccccc3)ccc1N2C. The van der Waals surface area contributed by atoms with E-state index in [9.17, 15) is 0 Å². The van der Waals surface area contributed by atoms with E-state index in [1.54, 1.807) is 6.08 Å². The van der Waals surface area contributed by atoms with Crippen LogP contribution in [-0.4, -0.2) is 14.1 Å². The van der Waals surface area contributed by atoms with Gasteiger partial charge in [-0.05, 0) is 46.9 Å². The van der Waals surface area contributed by atoms with Gasteiger partial charge < -0.3 is 9.80 Å². The largest absolute Gasteiger partial charge is 0.344 e. The Balaban J connectivity index is 1.77. The van der Waals surface area contributed by atoms with Crippen molar-refractivity contribution in [3.63, 3.8) is 0 Å². The van der Waals surface area contributed by atoms with E-state index in [0.717, 1.165) is 12.0 Å². The molecule has 4 rings (SSSR count). The van der Waals surface area contributed by atoms with E-state index in [0.29, 0.717) is 5.92 Å². The molecule has 0 unspecified atom stereocenters. The number of rotatable bonds is 4. The van der Waals surface area contributed by atoms with E-state index in [1.165, 1.54) is 39.5 Å². The van der Waals surface area contributed by atoms with Crippen molar-refractivity contribution in [2.75, 3.05) is 23.9 Å². The van der Waals surface area contributed by atoms with Crippen LogP contribution in [-0.2, 0) is 0 Å². The van der Waals surface area contributed by atoms with E-state index >= 15 is 0 Å². The Morgan fingerprint density at radius 3 is 2.48 bits per heavy atom. The second kappa shape index (κ2) is 7.63. The van der Waals surface area contributed by atoms with Gasteiger partial charge in [0.15, 0.2) is 0 Å². The van der Waals surface area contributed by atoms with Crippen LogP contribution in [0.25, 0.3) is 11.1 Å². The lowest BCUT2D eigenvalue weighted by atomic mass is 9.85. The fraction of sp³-hybridized carbons (Fsp3) is 0.185. The zero-order chi connectivity index (χ0) is 20.5. The molecule has 1 aliphatic heterocycles. The average Bonchev–Trinajstić information content (AvgIpc) is 2.75. The third-order valence-corrected chi connectivity index (χ3v) is 5.94. The number of allylic oxidation sites excluding steroid dienone is 7. The van der Waals surface area contributed by atoms with Gasteiger partial charge >= 0.3 is 0 Å². The Kier molecular flexibility index (Phi) is 5.02. The number of hydrogen-bond acceptors (Lipinski definition) is 2. The molecule has 0 amide bonds. The van der Waals surface area contributed by atoms with Crippen LogP contribution >= 0.6 is 0 Å². The summed E-state index contributed by atoms with van der Waals surface area (Å²) in [6, 6.07) is 17.3. The summed E-state index contributed by atoms with van der Waals surface area (Å²) in [6.45, 7) is 10.3. The maximum Gasteiger partial charge on any atom is 0.0653 e. The number of anilines is 2. The first kappa shape index (κ1) is 19.1. The van der Waals surface area contributed by atoms with Crippen molar-refractivity contribution >= 4 is 11.4 Å². The van der Waals surface area contributed by atoms with Crippen molar-refractivity contribution in [2.45, 2.75) is 13.3 Å². The van der Waals surface area contributed by atoms with Gasteiger partial charge in [-0.15, -0.1) is 0 Å². The van der Waals surface area contributed by atoms with Crippen molar-refractivity contribution in [2.24, 2.45) is 5.92 Å². The molecule has 0 spiro atoms. The number of hydrogen-bond donors (Lipinski definition) is 0. The Morgan fingerprint density at radius 2 is 1.76 bits per heavy atom. The summed E-state index contributed by atoms with van der Waals surface area (Å²) in [7, 11) is 4.36. The molecular formula is C27H28N2. The number of nitrogens with zero attached hydrogens (tertiary/aromatic N) is 2. The molecule has 0 bridgehead atoms. The van der Waals surface area contributed by atoms with Gasteiger partial charge in [-0.2, -0.15) is 0 Å². The average molecular weight is 381 g/mol. The molecule has 2 aromatic rings. The highest BCUT2D eigenvalue weighted by atomic mass is 15.2. The summed E-state index contributed by atoms with van der Waals surface area (Å²) in [6.07, 6.45) is 9.09. The molecule has 0 aromatic heterocycles. The molecule has 2 aliphatic rings. The van der Waals surface area contributed by atoms with Crippen LogP contribution in [0.1, 0.15) is 13.3 Å². The minimum Gasteiger partial charge on any atom is -0.344 e. The summed E-state index contributed by atoms with van der Waals surface area (Å²) in [5, 5.41) is 0. The second-order valence-corrected chi connectivity index (χ2v) is 7.85. The lowest BCUT2D eigenvalue weighted by molar-refractivity contribution is 0.627. The summed E-state index contributed by atoms with van der Waals surface area (Å²) in [4.78, 5) is 4.69. The molecule has 2 heteroatoms. The van der Waals surface area contributed by atoms with Crippen LogP contribution in [0.3, 0.4) is 0 Å². The molecule has 2 nitrogen and oxygen atoms in total. The van der Waals surface area contributed by atoms with Crippen molar-refractivity contribution in [1.82, 2.24) is 0 Å². The van der Waals surface area contributed by atoms with Crippen LogP contribution in [0.2, 0.25) is 0 Å². The normalized spacial score (nSPS) is 18.4. The summed E-state index contributed by atoms with van der Waals surface area (Å²) in [5.74, 6) is 0.417. The molecule has 0 fully saturated rings. The third kappa shape index (κ3) is 3.36. The van der Waals surface area contributed by atoms with Crippen LogP contribution in [0.5, 0.6) is 0 Å². The first-order valence-electron chi connectivity index (χ1n) is 10.1. The van der Waals surface area contributed by atoms with Gasteiger partial charge in [0.2, 0.25) is 0 Å².